The van der Waals surface area contributed by atoms with E-state index in [1.165, 1.54) is 0 Å². The zero-order valence-corrected chi connectivity index (χ0v) is 10.5. The first-order chi connectivity index (χ1) is 8.50. The average Bonchev–Trinajstić information content (AvgIpc) is 2.36. The van der Waals surface area contributed by atoms with Crippen LogP contribution in [0.4, 0.5) is 0 Å². The standard InChI is InChI=1S/C13H18N2O3/c1-9(16)8-14-12(17)10(2)15-13(18)11-6-4-3-5-7-11/h3-7,9-10,16H,8H2,1-2H3,(H,14,17)(H,15,18)/t9-,10?/m1/s1. The number of carbonyl (C=O) groups is 2. The Bertz CT molecular complexity index is 404. The second kappa shape index (κ2) is 6.76. The van der Waals surface area contributed by atoms with Crippen LogP contribution in [-0.2, 0) is 4.79 Å². The minimum absolute atomic E-state index is 0.171. The Morgan fingerprint density at radius 1 is 1.22 bits per heavy atom. The van der Waals surface area contributed by atoms with E-state index in [4.69, 9.17) is 5.11 Å². The van der Waals surface area contributed by atoms with Gasteiger partial charge in [0, 0.05) is 12.1 Å². The first kappa shape index (κ1) is 14.2. The van der Waals surface area contributed by atoms with Crippen LogP contribution in [-0.4, -0.2) is 35.6 Å². The van der Waals surface area contributed by atoms with Crippen LogP contribution in [0.2, 0.25) is 0 Å². The van der Waals surface area contributed by atoms with Crippen LogP contribution in [0.15, 0.2) is 30.3 Å². The highest BCUT2D eigenvalue weighted by atomic mass is 16.3. The van der Waals surface area contributed by atoms with Gasteiger partial charge in [0.15, 0.2) is 0 Å². The van der Waals surface area contributed by atoms with E-state index >= 15 is 0 Å². The molecule has 0 fully saturated rings. The highest BCUT2D eigenvalue weighted by Gasteiger charge is 2.16. The zero-order chi connectivity index (χ0) is 13.5. The van der Waals surface area contributed by atoms with E-state index in [-0.39, 0.29) is 18.4 Å². The molecule has 18 heavy (non-hydrogen) atoms. The summed E-state index contributed by atoms with van der Waals surface area (Å²) >= 11 is 0. The summed E-state index contributed by atoms with van der Waals surface area (Å²) in [4.78, 5) is 23.3. The summed E-state index contributed by atoms with van der Waals surface area (Å²) < 4.78 is 0. The largest absolute Gasteiger partial charge is 0.392 e. The van der Waals surface area contributed by atoms with Crippen LogP contribution < -0.4 is 10.6 Å². The molecule has 0 aliphatic carbocycles. The van der Waals surface area contributed by atoms with Gasteiger partial charge in [-0.3, -0.25) is 9.59 Å². The molecular weight excluding hydrogens is 232 g/mol. The minimum atomic E-state index is -0.642. The summed E-state index contributed by atoms with van der Waals surface area (Å²) in [6.45, 7) is 3.34. The molecule has 0 spiro atoms. The lowest BCUT2D eigenvalue weighted by Crippen LogP contribution is -2.46. The third-order valence-corrected chi connectivity index (χ3v) is 2.35. The van der Waals surface area contributed by atoms with Crippen LogP contribution >= 0.6 is 0 Å². The molecule has 3 N–H and O–H groups in total. The van der Waals surface area contributed by atoms with E-state index in [2.05, 4.69) is 10.6 Å². The summed E-state index contributed by atoms with van der Waals surface area (Å²) in [5.41, 5.74) is 0.507. The molecule has 5 heteroatoms. The molecule has 1 unspecified atom stereocenters. The normalized spacial score (nSPS) is 13.5. The van der Waals surface area contributed by atoms with Crippen molar-refractivity contribution in [3.8, 4) is 0 Å². The number of hydrogen-bond donors (Lipinski definition) is 3. The fourth-order valence-electron chi connectivity index (χ4n) is 1.34. The van der Waals surface area contributed by atoms with Gasteiger partial charge in [-0.1, -0.05) is 18.2 Å². The van der Waals surface area contributed by atoms with Gasteiger partial charge in [0.1, 0.15) is 6.04 Å². The molecule has 5 nitrogen and oxygen atoms in total. The van der Waals surface area contributed by atoms with Crippen molar-refractivity contribution in [2.45, 2.75) is 26.0 Å². The summed E-state index contributed by atoms with van der Waals surface area (Å²) in [5, 5.41) is 14.2. The van der Waals surface area contributed by atoms with Gasteiger partial charge in [-0.25, -0.2) is 0 Å². The number of nitrogens with one attached hydrogen (secondary N) is 2. The summed E-state index contributed by atoms with van der Waals surface area (Å²) in [6.07, 6.45) is -0.606. The van der Waals surface area contributed by atoms with Crippen LogP contribution in [0.25, 0.3) is 0 Å². The molecule has 0 saturated heterocycles. The van der Waals surface area contributed by atoms with Crippen molar-refractivity contribution in [2.75, 3.05) is 6.54 Å². The van der Waals surface area contributed by atoms with Gasteiger partial charge in [0.05, 0.1) is 6.10 Å². The lowest BCUT2D eigenvalue weighted by Gasteiger charge is -2.14. The average molecular weight is 250 g/mol. The number of carbonyl (C=O) groups excluding carboxylic acids is 2. The first-order valence-electron chi connectivity index (χ1n) is 5.82. The molecule has 1 aromatic carbocycles. The number of benzene rings is 1. The molecule has 0 saturated carbocycles. The highest BCUT2D eigenvalue weighted by molar-refractivity contribution is 5.97. The molecule has 0 aromatic heterocycles. The minimum Gasteiger partial charge on any atom is -0.392 e. The van der Waals surface area contributed by atoms with E-state index in [0.717, 1.165) is 0 Å². The molecular formula is C13H18N2O3. The molecule has 0 bridgehead atoms. The number of aliphatic hydroxyl groups is 1. The van der Waals surface area contributed by atoms with Gasteiger partial charge in [-0.15, -0.1) is 0 Å². The smallest absolute Gasteiger partial charge is 0.251 e. The fourth-order valence-corrected chi connectivity index (χ4v) is 1.34. The molecule has 2 amide bonds. The SMILES string of the molecule is CC(NC(=O)c1ccccc1)C(=O)NC[C@@H](C)O. The van der Waals surface area contributed by atoms with Gasteiger partial charge in [0.25, 0.3) is 5.91 Å². The van der Waals surface area contributed by atoms with Gasteiger partial charge in [-0.2, -0.15) is 0 Å². The van der Waals surface area contributed by atoms with Gasteiger partial charge in [0.2, 0.25) is 5.91 Å². The predicted octanol–water partition coefficient (Wildman–Crippen LogP) is 0.302. The first-order valence-corrected chi connectivity index (χ1v) is 5.82. The van der Waals surface area contributed by atoms with Crippen LogP contribution in [0, 0.1) is 0 Å². The van der Waals surface area contributed by atoms with Crippen molar-refractivity contribution in [1.82, 2.24) is 10.6 Å². The maximum atomic E-state index is 11.8. The highest BCUT2D eigenvalue weighted by Crippen LogP contribution is 1.98. The predicted molar refractivity (Wildman–Crippen MR) is 68.1 cm³/mol. The molecule has 0 aliphatic rings. The van der Waals surface area contributed by atoms with E-state index in [1.807, 2.05) is 6.07 Å². The number of rotatable bonds is 5. The van der Waals surface area contributed by atoms with E-state index < -0.39 is 12.1 Å². The van der Waals surface area contributed by atoms with Crippen molar-refractivity contribution in [3.05, 3.63) is 35.9 Å². The fraction of sp³-hybridized carbons (Fsp3) is 0.385. The van der Waals surface area contributed by atoms with Crippen molar-refractivity contribution in [1.29, 1.82) is 0 Å². The van der Waals surface area contributed by atoms with Crippen molar-refractivity contribution < 1.29 is 14.7 Å². The van der Waals surface area contributed by atoms with E-state index in [9.17, 15) is 9.59 Å². The summed E-state index contributed by atoms with van der Waals surface area (Å²) in [7, 11) is 0. The van der Waals surface area contributed by atoms with E-state index in [0.29, 0.717) is 5.56 Å². The van der Waals surface area contributed by atoms with E-state index in [1.54, 1.807) is 38.1 Å². The Morgan fingerprint density at radius 3 is 2.39 bits per heavy atom. The summed E-state index contributed by atoms with van der Waals surface area (Å²) in [5.74, 6) is -0.615. The maximum absolute atomic E-state index is 11.8. The number of amides is 2. The Hall–Kier alpha value is -1.88. The second-order valence-corrected chi connectivity index (χ2v) is 4.16. The van der Waals surface area contributed by atoms with Crippen LogP contribution in [0.3, 0.4) is 0 Å². The second-order valence-electron chi connectivity index (χ2n) is 4.16. The molecule has 2 atom stereocenters. The molecule has 98 valence electrons. The van der Waals surface area contributed by atoms with Crippen molar-refractivity contribution in [3.63, 3.8) is 0 Å². The molecule has 1 rings (SSSR count). The van der Waals surface area contributed by atoms with Gasteiger partial charge in [-0.05, 0) is 26.0 Å². The molecule has 1 aromatic rings. The quantitative estimate of drug-likeness (QED) is 0.703. The third kappa shape index (κ3) is 4.55. The monoisotopic (exact) mass is 250 g/mol. The molecule has 0 heterocycles. The third-order valence-electron chi connectivity index (χ3n) is 2.35. The molecule has 0 aliphatic heterocycles. The van der Waals surface area contributed by atoms with Crippen molar-refractivity contribution >= 4 is 11.8 Å². The topological polar surface area (TPSA) is 78.4 Å². The lowest BCUT2D eigenvalue weighted by molar-refractivity contribution is -0.123. The molecule has 0 radical (unpaired) electrons. The Balaban J connectivity index is 2.47. The number of aliphatic hydroxyl groups excluding tert-OH is 1. The van der Waals surface area contributed by atoms with Gasteiger partial charge < -0.3 is 15.7 Å². The van der Waals surface area contributed by atoms with Gasteiger partial charge >= 0.3 is 0 Å². The Kier molecular flexibility index (Phi) is 5.32. The van der Waals surface area contributed by atoms with Crippen LogP contribution in [0.1, 0.15) is 24.2 Å². The van der Waals surface area contributed by atoms with Crippen LogP contribution in [0.5, 0.6) is 0 Å². The Morgan fingerprint density at radius 2 is 1.83 bits per heavy atom. The Labute approximate surface area is 106 Å². The summed E-state index contributed by atoms with van der Waals surface area (Å²) in [6, 6.07) is 8.04. The lowest BCUT2D eigenvalue weighted by atomic mass is 10.2. The maximum Gasteiger partial charge on any atom is 0.251 e. The van der Waals surface area contributed by atoms with Crippen molar-refractivity contribution in [2.24, 2.45) is 0 Å². The zero-order valence-electron chi connectivity index (χ0n) is 10.5. The number of hydrogen-bond acceptors (Lipinski definition) is 3.